The summed E-state index contributed by atoms with van der Waals surface area (Å²) in [5, 5.41) is 12.1. The van der Waals surface area contributed by atoms with E-state index in [2.05, 4.69) is 39.4 Å². The van der Waals surface area contributed by atoms with Gasteiger partial charge < -0.3 is 5.32 Å². The molecule has 0 bridgehead atoms. The Bertz CT molecular complexity index is 993. The second-order valence-electron chi connectivity index (χ2n) is 7.79. The van der Waals surface area contributed by atoms with Gasteiger partial charge in [0, 0.05) is 23.7 Å². The first-order valence-corrected chi connectivity index (χ1v) is 11.1. The van der Waals surface area contributed by atoms with Gasteiger partial charge in [-0.15, -0.1) is 5.10 Å². The smallest absolute Gasteiger partial charge is 0.273 e. The predicted octanol–water partition coefficient (Wildman–Crippen LogP) is 4.05. The zero-order chi connectivity index (χ0) is 21.7. The van der Waals surface area contributed by atoms with Crippen LogP contribution >= 0.6 is 11.8 Å². The Morgan fingerprint density at radius 3 is 2.40 bits per heavy atom. The molecule has 0 radical (unpaired) electrons. The van der Waals surface area contributed by atoms with Gasteiger partial charge in [-0.1, -0.05) is 48.5 Å². The van der Waals surface area contributed by atoms with E-state index in [4.69, 9.17) is 0 Å². The molecule has 2 aromatic heterocycles. The largest absolute Gasteiger partial charge is 0.351 e. The Balaban J connectivity index is 1.88. The van der Waals surface area contributed by atoms with Crippen LogP contribution in [0, 0.1) is 26.7 Å². The molecule has 0 atom stereocenters. The van der Waals surface area contributed by atoms with Crippen LogP contribution in [0.3, 0.4) is 0 Å². The summed E-state index contributed by atoms with van der Waals surface area (Å²) in [6.07, 6.45) is 0.915. The molecular formula is C22H28N6OS. The van der Waals surface area contributed by atoms with E-state index in [-0.39, 0.29) is 5.91 Å². The molecule has 0 saturated heterocycles. The lowest BCUT2D eigenvalue weighted by atomic mass is 10.1. The fourth-order valence-corrected chi connectivity index (χ4v) is 3.89. The number of hydrogen-bond donors (Lipinski definition) is 1. The van der Waals surface area contributed by atoms with E-state index in [1.54, 1.807) is 4.68 Å². The average Bonchev–Trinajstić information content (AvgIpc) is 3.10. The SMILES string of the molecule is Cc1ccc(-n2nnc(C(=O)NCCC(C)C)c2CSc2nc(C)cc(C)n2)cc1. The number of carbonyl (C=O) groups is 1. The van der Waals surface area contributed by atoms with Crippen LogP contribution in [0.4, 0.5) is 0 Å². The number of benzene rings is 1. The molecule has 0 saturated carbocycles. The molecule has 1 N–H and O–H groups in total. The molecule has 2 heterocycles. The van der Waals surface area contributed by atoms with Crippen molar-refractivity contribution in [2.75, 3.05) is 6.54 Å². The van der Waals surface area contributed by atoms with Gasteiger partial charge in [-0.2, -0.15) is 0 Å². The normalized spacial score (nSPS) is 11.1. The van der Waals surface area contributed by atoms with Crippen molar-refractivity contribution < 1.29 is 4.79 Å². The summed E-state index contributed by atoms with van der Waals surface area (Å²) in [5.41, 5.74) is 4.94. The Hall–Kier alpha value is -2.74. The van der Waals surface area contributed by atoms with Crippen LogP contribution in [0.2, 0.25) is 0 Å². The Morgan fingerprint density at radius 1 is 1.10 bits per heavy atom. The molecule has 1 amide bonds. The van der Waals surface area contributed by atoms with Crippen LogP contribution in [0.15, 0.2) is 35.5 Å². The number of hydrogen-bond acceptors (Lipinski definition) is 6. The molecule has 3 rings (SSSR count). The Morgan fingerprint density at radius 2 is 1.77 bits per heavy atom. The number of nitrogens with zero attached hydrogens (tertiary/aromatic N) is 5. The van der Waals surface area contributed by atoms with Crippen LogP contribution in [0.1, 0.15) is 53.4 Å². The lowest BCUT2D eigenvalue weighted by Crippen LogP contribution is -2.26. The quantitative estimate of drug-likeness (QED) is 0.434. The van der Waals surface area contributed by atoms with Gasteiger partial charge in [0.15, 0.2) is 10.9 Å². The van der Waals surface area contributed by atoms with Crippen LogP contribution in [-0.4, -0.2) is 37.4 Å². The van der Waals surface area contributed by atoms with Crippen molar-refractivity contribution in [2.45, 2.75) is 51.9 Å². The number of aryl methyl sites for hydroxylation is 3. The third-order valence-corrected chi connectivity index (χ3v) is 5.42. The molecule has 0 unspecified atom stereocenters. The highest BCUT2D eigenvalue weighted by Gasteiger charge is 2.21. The van der Waals surface area contributed by atoms with Crippen molar-refractivity contribution in [3.8, 4) is 5.69 Å². The van der Waals surface area contributed by atoms with Crippen molar-refractivity contribution in [1.29, 1.82) is 0 Å². The minimum Gasteiger partial charge on any atom is -0.351 e. The van der Waals surface area contributed by atoms with E-state index in [0.717, 1.165) is 34.8 Å². The maximum Gasteiger partial charge on any atom is 0.273 e. The zero-order valence-corrected chi connectivity index (χ0v) is 19.0. The Labute approximate surface area is 181 Å². The van der Waals surface area contributed by atoms with Gasteiger partial charge in [-0.25, -0.2) is 14.6 Å². The van der Waals surface area contributed by atoms with E-state index in [0.29, 0.717) is 29.1 Å². The first-order chi connectivity index (χ1) is 14.3. The van der Waals surface area contributed by atoms with E-state index in [1.165, 1.54) is 11.8 Å². The van der Waals surface area contributed by atoms with Gasteiger partial charge in [-0.3, -0.25) is 4.79 Å². The van der Waals surface area contributed by atoms with Gasteiger partial charge in [0.1, 0.15) is 0 Å². The standard InChI is InChI=1S/C22H28N6OS/c1-14(2)10-11-23-21(29)20-19(13-30-22-24-16(4)12-17(5)25-22)28(27-26-20)18-8-6-15(3)7-9-18/h6-9,12,14H,10-11,13H2,1-5H3,(H,23,29). The highest BCUT2D eigenvalue weighted by atomic mass is 32.2. The van der Waals surface area contributed by atoms with Crippen molar-refractivity contribution >= 4 is 17.7 Å². The number of nitrogens with one attached hydrogen (secondary N) is 1. The van der Waals surface area contributed by atoms with Crippen LogP contribution in [0.25, 0.3) is 5.69 Å². The minimum atomic E-state index is -0.203. The molecular weight excluding hydrogens is 396 g/mol. The van der Waals surface area contributed by atoms with Crippen molar-refractivity contribution in [3.05, 3.63) is 58.7 Å². The maximum atomic E-state index is 12.8. The first-order valence-electron chi connectivity index (χ1n) is 10.1. The summed E-state index contributed by atoms with van der Waals surface area (Å²) >= 11 is 1.48. The van der Waals surface area contributed by atoms with Crippen molar-refractivity contribution in [3.63, 3.8) is 0 Å². The van der Waals surface area contributed by atoms with Gasteiger partial charge in [0.25, 0.3) is 5.91 Å². The van der Waals surface area contributed by atoms with E-state index >= 15 is 0 Å². The minimum absolute atomic E-state index is 0.203. The number of thioether (sulfide) groups is 1. The third kappa shape index (κ3) is 5.66. The first kappa shape index (κ1) is 22.0. The number of amides is 1. The summed E-state index contributed by atoms with van der Waals surface area (Å²) < 4.78 is 1.73. The molecule has 0 spiro atoms. The van der Waals surface area contributed by atoms with Crippen molar-refractivity contribution in [1.82, 2.24) is 30.3 Å². The summed E-state index contributed by atoms with van der Waals surface area (Å²) in [6.45, 7) is 10.8. The molecule has 1 aromatic carbocycles. The molecule has 158 valence electrons. The third-order valence-electron chi connectivity index (χ3n) is 4.56. The van der Waals surface area contributed by atoms with E-state index in [1.807, 2.05) is 51.1 Å². The molecule has 8 heteroatoms. The molecule has 0 fully saturated rings. The summed E-state index contributed by atoms with van der Waals surface area (Å²) in [6, 6.07) is 9.93. The lowest BCUT2D eigenvalue weighted by Gasteiger charge is -2.10. The molecule has 0 aliphatic carbocycles. The molecule has 0 aliphatic heterocycles. The Kier molecular flexibility index (Phi) is 7.20. The van der Waals surface area contributed by atoms with Crippen molar-refractivity contribution in [2.24, 2.45) is 5.92 Å². The summed E-state index contributed by atoms with van der Waals surface area (Å²) in [4.78, 5) is 21.8. The predicted molar refractivity (Wildman–Crippen MR) is 119 cm³/mol. The second-order valence-corrected chi connectivity index (χ2v) is 8.73. The fourth-order valence-electron chi connectivity index (χ4n) is 2.95. The zero-order valence-electron chi connectivity index (χ0n) is 18.1. The van der Waals surface area contributed by atoms with Crippen LogP contribution in [-0.2, 0) is 5.75 Å². The molecule has 0 aliphatic rings. The average molecular weight is 425 g/mol. The molecule has 7 nitrogen and oxygen atoms in total. The number of rotatable bonds is 8. The van der Waals surface area contributed by atoms with E-state index < -0.39 is 0 Å². The van der Waals surface area contributed by atoms with Gasteiger partial charge in [0.2, 0.25) is 0 Å². The monoisotopic (exact) mass is 424 g/mol. The molecule has 30 heavy (non-hydrogen) atoms. The van der Waals surface area contributed by atoms with Gasteiger partial charge in [-0.05, 0) is 51.3 Å². The fraction of sp³-hybridized carbons (Fsp3) is 0.409. The molecule has 3 aromatic rings. The van der Waals surface area contributed by atoms with Crippen LogP contribution in [0.5, 0.6) is 0 Å². The highest BCUT2D eigenvalue weighted by Crippen LogP contribution is 2.24. The van der Waals surface area contributed by atoms with Crippen LogP contribution < -0.4 is 5.32 Å². The topological polar surface area (TPSA) is 85.6 Å². The van der Waals surface area contributed by atoms with Gasteiger partial charge >= 0.3 is 0 Å². The van der Waals surface area contributed by atoms with E-state index in [9.17, 15) is 4.79 Å². The lowest BCUT2D eigenvalue weighted by molar-refractivity contribution is 0.0946. The summed E-state index contributed by atoms with van der Waals surface area (Å²) in [7, 11) is 0. The maximum absolute atomic E-state index is 12.8. The second kappa shape index (κ2) is 9.84. The van der Waals surface area contributed by atoms with Gasteiger partial charge in [0.05, 0.1) is 11.4 Å². The highest BCUT2D eigenvalue weighted by molar-refractivity contribution is 7.98. The summed E-state index contributed by atoms with van der Waals surface area (Å²) in [5.74, 6) is 0.799. The number of aromatic nitrogens is 5. The number of carbonyl (C=O) groups excluding carboxylic acids is 1.